The minimum absolute atomic E-state index is 0.0359. The van der Waals surface area contributed by atoms with Gasteiger partial charge in [0.2, 0.25) is 5.91 Å². The summed E-state index contributed by atoms with van der Waals surface area (Å²) in [5.74, 6) is -0.0605. The van der Waals surface area contributed by atoms with Gasteiger partial charge < -0.3 is 5.32 Å². The van der Waals surface area contributed by atoms with Gasteiger partial charge in [0.1, 0.15) is 0 Å². The van der Waals surface area contributed by atoms with Gasteiger partial charge in [0.15, 0.2) is 0 Å². The number of carbonyl (C=O) groups excluding carboxylic acids is 1. The largest absolute Gasteiger partial charge is 0.347 e. The van der Waals surface area contributed by atoms with Crippen molar-refractivity contribution < 1.29 is 4.79 Å². The van der Waals surface area contributed by atoms with Crippen LogP contribution < -0.4 is 10.2 Å². The molecule has 3 nitrogen and oxygen atoms in total. The van der Waals surface area contributed by atoms with Gasteiger partial charge in [-0.1, -0.05) is 37.3 Å². The lowest BCUT2D eigenvalue weighted by atomic mass is 9.96. The molecule has 1 aliphatic rings. The van der Waals surface area contributed by atoms with Gasteiger partial charge in [0.25, 0.3) is 0 Å². The fourth-order valence-corrected chi connectivity index (χ4v) is 2.25. The monoisotopic (exact) mass is 224 g/mol. The second-order valence-electron chi connectivity index (χ2n) is 3.82. The Morgan fingerprint density at radius 1 is 1.33 bits per heavy atom. The molecule has 1 aromatic rings. The third kappa shape index (κ3) is 1.85. The molecule has 0 aliphatic carbocycles. The second-order valence-corrected chi connectivity index (χ2v) is 4.04. The van der Waals surface area contributed by atoms with Crippen LogP contribution in [-0.2, 0) is 4.79 Å². The minimum atomic E-state index is -0.104. The Balaban J connectivity index is 2.27. The summed E-state index contributed by atoms with van der Waals surface area (Å²) in [6, 6.07) is 9.75. The van der Waals surface area contributed by atoms with Crippen LogP contribution in [0, 0.1) is 5.92 Å². The van der Waals surface area contributed by atoms with Gasteiger partial charge in [-0.2, -0.15) is 0 Å². The smallest absolute Gasteiger partial charge is 0.225 e. The summed E-state index contributed by atoms with van der Waals surface area (Å²) in [6.07, 6.45) is 0. The molecule has 2 rings (SSSR count). The molecule has 0 bridgehead atoms. The summed E-state index contributed by atoms with van der Waals surface area (Å²) in [7, 11) is 0. The molecule has 0 unspecified atom stereocenters. The van der Waals surface area contributed by atoms with Crippen LogP contribution in [0.5, 0.6) is 0 Å². The van der Waals surface area contributed by atoms with Gasteiger partial charge in [-0.3, -0.25) is 4.79 Å². The molecule has 0 saturated carbocycles. The summed E-state index contributed by atoms with van der Waals surface area (Å²) < 4.78 is 0. The molecule has 0 spiro atoms. The number of hydrogen-bond donors (Lipinski definition) is 2. The Morgan fingerprint density at radius 3 is 2.60 bits per heavy atom. The number of carbonyl (C=O) groups is 1. The van der Waals surface area contributed by atoms with Gasteiger partial charge >= 0.3 is 0 Å². The lowest BCUT2D eigenvalue weighted by Gasteiger charge is -2.19. The summed E-state index contributed by atoms with van der Waals surface area (Å²) >= 11 is 5.67. The third-order valence-corrected chi connectivity index (χ3v) is 3.15. The molecule has 1 fully saturated rings. The van der Waals surface area contributed by atoms with E-state index in [4.69, 9.17) is 11.8 Å². The van der Waals surface area contributed by atoms with Crippen molar-refractivity contribution in [3.05, 3.63) is 35.9 Å². The van der Waals surface area contributed by atoms with Crippen LogP contribution in [0.2, 0.25) is 0 Å². The maximum atomic E-state index is 11.5. The van der Waals surface area contributed by atoms with E-state index < -0.39 is 0 Å². The van der Waals surface area contributed by atoms with E-state index in [1.807, 2.05) is 37.3 Å². The Kier molecular flexibility index (Phi) is 2.93. The van der Waals surface area contributed by atoms with Crippen LogP contribution in [0.1, 0.15) is 18.5 Å². The second kappa shape index (κ2) is 4.21. The van der Waals surface area contributed by atoms with Crippen LogP contribution in [0.15, 0.2) is 30.3 Å². The predicted octanol–water partition coefficient (Wildman–Crippen LogP) is 1.61. The molecule has 15 heavy (non-hydrogen) atoms. The first-order chi connectivity index (χ1) is 7.24. The SMILES string of the molecule is C[C@@H]1C(=O)N[C@H](c2ccccc2)[C@H]1NCl. The lowest BCUT2D eigenvalue weighted by molar-refractivity contribution is -0.122. The van der Waals surface area contributed by atoms with Crippen molar-refractivity contribution in [3.8, 4) is 0 Å². The molecule has 1 heterocycles. The van der Waals surface area contributed by atoms with E-state index in [1.165, 1.54) is 0 Å². The van der Waals surface area contributed by atoms with Gasteiger partial charge in [0.05, 0.1) is 18.0 Å². The highest BCUT2D eigenvalue weighted by Gasteiger charge is 2.39. The van der Waals surface area contributed by atoms with Gasteiger partial charge in [-0.15, -0.1) is 0 Å². The molecule has 3 atom stereocenters. The van der Waals surface area contributed by atoms with Gasteiger partial charge in [0, 0.05) is 0 Å². The first-order valence-corrected chi connectivity index (χ1v) is 5.33. The maximum Gasteiger partial charge on any atom is 0.225 e. The maximum absolute atomic E-state index is 11.5. The highest BCUT2D eigenvalue weighted by molar-refractivity contribution is 6.14. The van der Waals surface area contributed by atoms with E-state index in [2.05, 4.69) is 10.2 Å². The standard InChI is InChI=1S/C11H13ClN2O/c1-7-9(14-12)10(13-11(7)15)8-5-3-2-4-6-8/h2-7,9-10,14H,1H3,(H,13,15)/t7-,9-,10+/m0/s1. The predicted molar refractivity (Wildman–Crippen MR) is 59.3 cm³/mol. The average Bonchev–Trinajstić information content (AvgIpc) is 2.56. The molecule has 1 saturated heterocycles. The van der Waals surface area contributed by atoms with Crippen LogP contribution in [0.4, 0.5) is 0 Å². The zero-order chi connectivity index (χ0) is 10.8. The molecule has 1 amide bonds. The van der Waals surface area contributed by atoms with Crippen molar-refractivity contribution in [2.45, 2.75) is 19.0 Å². The topological polar surface area (TPSA) is 41.1 Å². The van der Waals surface area contributed by atoms with Crippen molar-refractivity contribution in [3.63, 3.8) is 0 Å². The van der Waals surface area contributed by atoms with Crippen LogP contribution >= 0.6 is 11.8 Å². The summed E-state index contributed by atoms with van der Waals surface area (Å²) in [4.78, 5) is 14.2. The molecule has 80 valence electrons. The molecular formula is C11H13ClN2O. The van der Waals surface area contributed by atoms with Crippen molar-refractivity contribution in [2.75, 3.05) is 0 Å². The fourth-order valence-electron chi connectivity index (χ4n) is 1.93. The van der Waals surface area contributed by atoms with Crippen LogP contribution in [0.25, 0.3) is 0 Å². The number of amides is 1. The molecule has 0 aromatic heterocycles. The summed E-state index contributed by atoms with van der Waals surface area (Å²) in [5, 5.41) is 2.94. The Bertz CT molecular complexity index is 355. The fraction of sp³-hybridized carbons (Fsp3) is 0.364. The minimum Gasteiger partial charge on any atom is -0.347 e. The molecule has 1 aliphatic heterocycles. The zero-order valence-electron chi connectivity index (χ0n) is 8.41. The highest BCUT2D eigenvalue weighted by atomic mass is 35.5. The normalized spacial score (nSPS) is 30.3. The molecule has 1 aromatic carbocycles. The number of nitrogens with one attached hydrogen (secondary N) is 2. The third-order valence-electron chi connectivity index (χ3n) is 2.89. The van der Waals surface area contributed by atoms with Crippen molar-refractivity contribution in [2.24, 2.45) is 5.92 Å². The Morgan fingerprint density at radius 2 is 2.00 bits per heavy atom. The van der Waals surface area contributed by atoms with E-state index in [0.29, 0.717) is 0 Å². The summed E-state index contributed by atoms with van der Waals surface area (Å²) in [6.45, 7) is 1.87. The average molecular weight is 225 g/mol. The van der Waals surface area contributed by atoms with E-state index in [1.54, 1.807) is 0 Å². The first kappa shape index (κ1) is 10.5. The van der Waals surface area contributed by atoms with E-state index in [0.717, 1.165) is 5.56 Å². The molecule has 4 heteroatoms. The highest BCUT2D eigenvalue weighted by Crippen LogP contribution is 2.28. The van der Waals surface area contributed by atoms with E-state index in [-0.39, 0.29) is 23.9 Å². The van der Waals surface area contributed by atoms with E-state index >= 15 is 0 Å². The Labute approximate surface area is 93.9 Å². The number of halogens is 1. The quantitative estimate of drug-likeness (QED) is 0.750. The first-order valence-electron chi connectivity index (χ1n) is 4.95. The van der Waals surface area contributed by atoms with Crippen molar-refractivity contribution >= 4 is 17.7 Å². The van der Waals surface area contributed by atoms with Crippen molar-refractivity contribution in [1.82, 2.24) is 10.2 Å². The summed E-state index contributed by atoms with van der Waals surface area (Å²) in [5.41, 5.74) is 1.08. The molecule has 2 N–H and O–H groups in total. The number of rotatable bonds is 2. The van der Waals surface area contributed by atoms with Gasteiger partial charge in [-0.05, 0) is 17.3 Å². The number of benzene rings is 1. The van der Waals surface area contributed by atoms with Crippen LogP contribution in [0.3, 0.4) is 0 Å². The molecular weight excluding hydrogens is 212 g/mol. The number of hydrogen-bond acceptors (Lipinski definition) is 2. The van der Waals surface area contributed by atoms with Crippen LogP contribution in [-0.4, -0.2) is 11.9 Å². The lowest BCUT2D eigenvalue weighted by Crippen LogP contribution is -2.31. The van der Waals surface area contributed by atoms with Crippen molar-refractivity contribution in [1.29, 1.82) is 0 Å². The Hall–Kier alpha value is -1.06. The van der Waals surface area contributed by atoms with Gasteiger partial charge in [-0.25, -0.2) is 4.84 Å². The molecule has 0 radical (unpaired) electrons. The van der Waals surface area contributed by atoms with E-state index in [9.17, 15) is 4.79 Å². The zero-order valence-corrected chi connectivity index (χ0v) is 9.16.